The number of amides is 1. The second-order valence-corrected chi connectivity index (χ2v) is 5.78. The zero-order valence-electron chi connectivity index (χ0n) is 12.1. The van der Waals surface area contributed by atoms with Crippen LogP contribution in [0.2, 0.25) is 0 Å². The maximum absolute atomic E-state index is 13.2. The fraction of sp³-hybridized carbons (Fsp3) is 0.133. The molecule has 1 N–H and O–H groups in total. The average Bonchev–Trinajstić information content (AvgIpc) is 3.06. The minimum absolute atomic E-state index is 0.283. The molecule has 3 rings (SSSR count). The Labute approximate surface area is 135 Å². The van der Waals surface area contributed by atoms with Gasteiger partial charge in [-0.3, -0.25) is 19.7 Å². The Kier molecular flexibility index (Phi) is 4.33. The normalized spacial score (nSPS) is 11.9. The van der Waals surface area contributed by atoms with Crippen LogP contribution in [0.3, 0.4) is 0 Å². The Balaban J connectivity index is 1.73. The molecular formula is C15H12FN5OS. The number of carbonyl (C=O) groups is 1. The molecular weight excluding hydrogens is 317 g/mol. The standard InChI is InChI=1S/C15H12FN5OS/c1-9(10-4-11(16)6-18-5-10)21-14(22)13-8-20-15(23-13)12-7-17-2-3-19-12/h2-9H,1H3,(H,21,22)/t9-/m0/s1. The largest absolute Gasteiger partial charge is 0.345 e. The van der Waals surface area contributed by atoms with E-state index in [1.165, 1.54) is 29.8 Å². The molecule has 0 aliphatic heterocycles. The van der Waals surface area contributed by atoms with Gasteiger partial charge in [-0.15, -0.1) is 11.3 Å². The Bertz CT molecular complexity index is 823. The molecule has 0 spiro atoms. The van der Waals surface area contributed by atoms with Crippen molar-refractivity contribution in [2.45, 2.75) is 13.0 Å². The Hall–Kier alpha value is -2.74. The zero-order chi connectivity index (χ0) is 16.2. The highest BCUT2D eigenvalue weighted by Crippen LogP contribution is 2.23. The van der Waals surface area contributed by atoms with Crippen molar-refractivity contribution in [3.8, 4) is 10.7 Å². The summed E-state index contributed by atoms with van der Waals surface area (Å²) in [5.41, 5.74) is 1.20. The maximum atomic E-state index is 13.2. The van der Waals surface area contributed by atoms with Crippen LogP contribution in [0.1, 0.15) is 28.2 Å². The molecule has 0 aliphatic carbocycles. The molecule has 1 atom stereocenters. The molecule has 1 amide bonds. The van der Waals surface area contributed by atoms with E-state index in [-0.39, 0.29) is 11.9 Å². The monoisotopic (exact) mass is 329 g/mol. The van der Waals surface area contributed by atoms with Gasteiger partial charge in [0.1, 0.15) is 21.4 Å². The van der Waals surface area contributed by atoms with Crippen LogP contribution in [0.15, 0.2) is 43.2 Å². The van der Waals surface area contributed by atoms with Crippen LogP contribution in [-0.4, -0.2) is 25.8 Å². The number of nitrogens with one attached hydrogen (secondary N) is 1. The number of pyridine rings is 1. The Morgan fingerprint density at radius 1 is 1.17 bits per heavy atom. The van der Waals surface area contributed by atoms with Gasteiger partial charge in [0.15, 0.2) is 0 Å². The number of carbonyl (C=O) groups excluding carboxylic acids is 1. The summed E-state index contributed by atoms with van der Waals surface area (Å²) in [4.78, 5) is 28.8. The first kappa shape index (κ1) is 15.2. The smallest absolute Gasteiger partial charge is 0.263 e. The van der Waals surface area contributed by atoms with Crippen molar-refractivity contribution in [3.63, 3.8) is 0 Å². The molecule has 3 aromatic heterocycles. The minimum Gasteiger partial charge on any atom is -0.345 e. The second kappa shape index (κ2) is 6.57. The molecule has 6 nitrogen and oxygen atoms in total. The van der Waals surface area contributed by atoms with Crippen molar-refractivity contribution in [1.82, 2.24) is 25.3 Å². The van der Waals surface area contributed by atoms with E-state index in [1.807, 2.05) is 0 Å². The van der Waals surface area contributed by atoms with Gasteiger partial charge < -0.3 is 5.32 Å². The molecule has 3 heterocycles. The van der Waals surface area contributed by atoms with Gasteiger partial charge in [-0.25, -0.2) is 9.37 Å². The third-order valence-electron chi connectivity index (χ3n) is 3.09. The fourth-order valence-corrected chi connectivity index (χ4v) is 2.70. The molecule has 8 heteroatoms. The third kappa shape index (κ3) is 3.54. The molecule has 0 saturated heterocycles. The highest BCUT2D eigenvalue weighted by molar-refractivity contribution is 7.16. The van der Waals surface area contributed by atoms with Crippen molar-refractivity contribution < 1.29 is 9.18 Å². The van der Waals surface area contributed by atoms with Gasteiger partial charge >= 0.3 is 0 Å². The molecule has 0 saturated carbocycles. The van der Waals surface area contributed by atoms with E-state index < -0.39 is 5.82 Å². The number of aromatic nitrogens is 4. The highest BCUT2D eigenvalue weighted by Gasteiger charge is 2.16. The summed E-state index contributed by atoms with van der Waals surface area (Å²) >= 11 is 1.22. The summed E-state index contributed by atoms with van der Waals surface area (Å²) in [5, 5.41) is 3.41. The van der Waals surface area contributed by atoms with Gasteiger partial charge in [-0.05, 0) is 18.6 Å². The van der Waals surface area contributed by atoms with Gasteiger partial charge in [0.25, 0.3) is 5.91 Å². The quantitative estimate of drug-likeness (QED) is 0.796. The molecule has 0 bridgehead atoms. The van der Waals surface area contributed by atoms with Gasteiger partial charge in [0.05, 0.1) is 24.6 Å². The average molecular weight is 329 g/mol. The van der Waals surface area contributed by atoms with E-state index in [1.54, 1.807) is 25.5 Å². The lowest BCUT2D eigenvalue weighted by atomic mass is 10.1. The van der Waals surface area contributed by atoms with Crippen molar-refractivity contribution in [2.75, 3.05) is 0 Å². The summed E-state index contributed by atoms with van der Waals surface area (Å²) < 4.78 is 13.2. The van der Waals surface area contributed by atoms with Crippen LogP contribution < -0.4 is 5.32 Å². The zero-order valence-corrected chi connectivity index (χ0v) is 12.9. The van der Waals surface area contributed by atoms with E-state index in [4.69, 9.17) is 0 Å². The summed E-state index contributed by atoms with van der Waals surface area (Å²) in [6, 6.07) is 0.975. The molecule has 0 aromatic carbocycles. The fourth-order valence-electron chi connectivity index (χ4n) is 1.92. The van der Waals surface area contributed by atoms with E-state index in [0.717, 1.165) is 6.20 Å². The van der Waals surface area contributed by atoms with Crippen molar-refractivity contribution in [1.29, 1.82) is 0 Å². The van der Waals surface area contributed by atoms with E-state index in [2.05, 4.69) is 25.3 Å². The first-order chi connectivity index (χ1) is 11.1. The lowest BCUT2D eigenvalue weighted by Crippen LogP contribution is -2.26. The van der Waals surface area contributed by atoms with Crippen LogP contribution in [0, 0.1) is 5.82 Å². The summed E-state index contributed by atoms with van der Waals surface area (Å²) in [6.45, 7) is 1.76. The first-order valence-electron chi connectivity index (χ1n) is 6.77. The van der Waals surface area contributed by atoms with Crippen LogP contribution in [0.5, 0.6) is 0 Å². The number of rotatable bonds is 4. The first-order valence-corrected chi connectivity index (χ1v) is 7.58. The molecule has 0 fully saturated rings. The SMILES string of the molecule is C[C@H](NC(=O)c1cnc(-c2cnccn2)s1)c1cncc(F)c1. The van der Waals surface area contributed by atoms with Crippen molar-refractivity contribution in [2.24, 2.45) is 0 Å². The van der Waals surface area contributed by atoms with Crippen molar-refractivity contribution in [3.05, 3.63) is 59.5 Å². The Morgan fingerprint density at radius 3 is 2.78 bits per heavy atom. The summed E-state index contributed by atoms with van der Waals surface area (Å²) in [5.74, 6) is -0.722. The molecule has 0 aliphatic rings. The number of thiazole rings is 1. The predicted molar refractivity (Wildman–Crippen MR) is 83.2 cm³/mol. The summed E-state index contributed by atoms with van der Waals surface area (Å²) in [7, 11) is 0. The number of hydrogen-bond donors (Lipinski definition) is 1. The number of halogens is 1. The molecule has 116 valence electrons. The second-order valence-electron chi connectivity index (χ2n) is 4.75. The number of hydrogen-bond acceptors (Lipinski definition) is 6. The molecule has 0 unspecified atom stereocenters. The lowest BCUT2D eigenvalue weighted by Gasteiger charge is -2.12. The van der Waals surface area contributed by atoms with Crippen LogP contribution in [0.4, 0.5) is 4.39 Å². The van der Waals surface area contributed by atoms with Gasteiger partial charge in [0, 0.05) is 18.6 Å². The van der Waals surface area contributed by atoms with Gasteiger partial charge in [0.2, 0.25) is 0 Å². The van der Waals surface area contributed by atoms with Gasteiger partial charge in [-0.2, -0.15) is 0 Å². The number of nitrogens with zero attached hydrogens (tertiary/aromatic N) is 4. The molecule has 23 heavy (non-hydrogen) atoms. The van der Waals surface area contributed by atoms with E-state index >= 15 is 0 Å². The predicted octanol–water partition coefficient (Wildman–Crippen LogP) is 2.63. The van der Waals surface area contributed by atoms with E-state index in [9.17, 15) is 9.18 Å². The highest BCUT2D eigenvalue weighted by atomic mass is 32.1. The minimum atomic E-state index is -0.439. The summed E-state index contributed by atoms with van der Waals surface area (Å²) in [6.07, 6.45) is 8.84. The van der Waals surface area contributed by atoms with Crippen molar-refractivity contribution >= 4 is 17.2 Å². The van der Waals surface area contributed by atoms with Crippen LogP contribution in [-0.2, 0) is 0 Å². The van der Waals surface area contributed by atoms with Gasteiger partial charge in [-0.1, -0.05) is 0 Å². The lowest BCUT2D eigenvalue weighted by molar-refractivity contribution is 0.0943. The Morgan fingerprint density at radius 2 is 2.04 bits per heavy atom. The van der Waals surface area contributed by atoms with Crippen LogP contribution in [0.25, 0.3) is 10.7 Å². The topological polar surface area (TPSA) is 80.7 Å². The molecule has 0 radical (unpaired) electrons. The van der Waals surface area contributed by atoms with E-state index in [0.29, 0.717) is 21.1 Å². The van der Waals surface area contributed by atoms with Crippen LogP contribution >= 0.6 is 11.3 Å². The maximum Gasteiger partial charge on any atom is 0.263 e. The molecule has 3 aromatic rings. The third-order valence-corrected chi connectivity index (χ3v) is 4.10.